The van der Waals surface area contributed by atoms with Crippen LogP contribution in [0.1, 0.15) is 43.2 Å². The molecule has 4 rings (SSSR count). The number of carbonyl (C=O) groups is 3. The zero-order valence-electron chi connectivity index (χ0n) is 17.4. The Morgan fingerprint density at radius 1 is 1.06 bits per heavy atom. The molecule has 3 aliphatic rings. The van der Waals surface area contributed by atoms with Crippen molar-refractivity contribution in [2.45, 2.75) is 38.3 Å². The van der Waals surface area contributed by atoms with E-state index in [2.05, 4.69) is 5.32 Å². The molecule has 1 saturated carbocycles. The molecule has 3 fully saturated rings. The van der Waals surface area contributed by atoms with Crippen LogP contribution in [-0.2, 0) is 15.8 Å². The number of halogens is 3. The molecule has 1 aromatic rings. The lowest BCUT2D eigenvalue weighted by atomic mass is 9.88. The summed E-state index contributed by atoms with van der Waals surface area (Å²) in [6.45, 7) is 1.97. The molecule has 1 aromatic carbocycles. The minimum atomic E-state index is -4.53. The maximum absolute atomic E-state index is 13.3. The van der Waals surface area contributed by atoms with Crippen LogP contribution in [0.5, 0.6) is 0 Å². The molecule has 1 N–H and O–H groups in total. The fraction of sp³-hybridized carbons (Fsp3) is 0.500. The maximum atomic E-state index is 13.3. The SMILES string of the molecule is O=C1NC(=O)/C(=C/c2cc(C(F)(F)F)ccc2N2CCN(C(=O)C3CCCCC3)CC2)S1. The largest absolute Gasteiger partial charge is 0.416 e. The molecule has 0 atom stereocenters. The summed E-state index contributed by atoms with van der Waals surface area (Å²) in [6, 6.07) is 3.41. The number of rotatable bonds is 3. The van der Waals surface area contributed by atoms with Gasteiger partial charge >= 0.3 is 6.18 Å². The zero-order valence-corrected chi connectivity index (χ0v) is 18.2. The van der Waals surface area contributed by atoms with E-state index in [0.717, 1.165) is 37.8 Å². The van der Waals surface area contributed by atoms with Crippen LogP contribution in [-0.4, -0.2) is 48.1 Å². The summed E-state index contributed by atoms with van der Waals surface area (Å²) in [5, 5.41) is 1.57. The Hall–Kier alpha value is -2.49. The van der Waals surface area contributed by atoms with Gasteiger partial charge in [-0.15, -0.1) is 0 Å². The van der Waals surface area contributed by atoms with Crippen molar-refractivity contribution in [2.24, 2.45) is 5.92 Å². The Balaban J connectivity index is 1.54. The lowest BCUT2D eigenvalue weighted by Gasteiger charge is -2.38. The second-order valence-electron chi connectivity index (χ2n) is 8.27. The van der Waals surface area contributed by atoms with Gasteiger partial charge in [-0.05, 0) is 54.4 Å². The monoisotopic (exact) mass is 467 g/mol. The Kier molecular flexibility index (Phi) is 6.50. The van der Waals surface area contributed by atoms with Crippen molar-refractivity contribution in [3.05, 3.63) is 34.2 Å². The third-order valence-electron chi connectivity index (χ3n) is 6.17. The lowest BCUT2D eigenvalue weighted by molar-refractivity contribution is -0.138. The minimum Gasteiger partial charge on any atom is -0.367 e. The van der Waals surface area contributed by atoms with Gasteiger partial charge in [0.15, 0.2) is 0 Å². The number of thioether (sulfide) groups is 1. The fourth-order valence-corrected chi connectivity index (χ4v) is 5.15. The van der Waals surface area contributed by atoms with Crippen LogP contribution in [0, 0.1) is 5.92 Å². The van der Waals surface area contributed by atoms with Gasteiger partial charge in [0, 0.05) is 37.8 Å². The van der Waals surface area contributed by atoms with Crippen LogP contribution >= 0.6 is 11.8 Å². The summed E-state index contributed by atoms with van der Waals surface area (Å²) in [5.74, 6) is -0.361. The van der Waals surface area contributed by atoms with Crippen LogP contribution in [0.15, 0.2) is 23.1 Å². The predicted octanol–water partition coefficient (Wildman–Crippen LogP) is 4.26. The number of carbonyl (C=O) groups excluding carboxylic acids is 3. The number of nitrogens with one attached hydrogen (secondary N) is 1. The van der Waals surface area contributed by atoms with Crippen molar-refractivity contribution in [3.8, 4) is 0 Å². The van der Waals surface area contributed by atoms with E-state index < -0.39 is 22.9 Å². The van der Waals surface area contributed by atoms with Crippen LogP contribution in [0.4, 0.5) is 23.7 Å². The number of anilines is 1. The Labute approximate surface area is 188 Å². The van der Waals surface area contributed by atoms with Gasteiger partial charge in [-0.1, -0.05) is 19.3 Å². The highest BCUT2D eigenvalue weighted by Crippen LogP contribution is 2.36. The number of benzene rings is 1. The summed E-state index contributed by atoms with van der Waals surface area (Å²) >= 11 is 0.666. The van der Waals surface area contributed by atoms with Crippen molar-refractivity contribution in [2.75, 3.05) is 31.1 Å². The molecule has 1 aliphatic carbocycles. The molecular weight excluding hydrogens is 443 g/mol. The van der Waals surface area contributed by atoms with Crippen LogP contribution in [0.25, 0.3) is 6.08 Å². The third kappa shape index (κ3) is 4.95. The molecule has 0 aromatic heterocycles. The normalized spacial score (nSPS) is 21.9. The number of nitrogens with zero attached hydrogens (tertiary/aromatic N) is 2. The molecule has 3 amide bonds. The van der Waals surface area contributed by atoms with E-state index in [1.807, 2.05) is 9.80 Å². The first-order chi connectivity index (χ1) is 15.2. The van der Waals surface area contributed by atoms with E-state index in [-0.39, 0.29) is 22.3 Å². The average Bonchev–Trinajstić information content (AvgIpc) is 3.10. The first-order valence-electron chi connectivity index (χ1n) is 10.7. The Morgan fingerprint density at radius 3 is 2.34 bits per heavy atom. The quantitative estimate of drug-likeness (QED) is 0.673. The summed E-state index contributed by atoms with van der Waals surface area (Å²) in [4.78, 5) is 40.0. The van der Waals surface area contributed by atoms with Crippen LogP contribution in [0.2, 0.25) is 0 Å². The second kappa shape index (κ2) is 9.17. The average molecular weight is 468 g/mol. The van der Waals surface area contributed by atoms with E-state index in [4.69, 9.17) is 0 Å². The third-order valence-corrected chi connectivity index (χ3v) is 6.98. The molecule has 2 aliphatic heterocycles. The van der Waals surface area contributed by atoms with Gasteiger partial charge in [0.2, 0.25) is 5.91 Å². The predicted molar refractivity (Wildman–Crippen MR) is 116 cm³/mol. The molecule has 172 valence electrons. The molecule has 6 nitrogen and oxygen atoms in total. The van der Waals surface area contributed by atoms with E-state index in [1.54, 1.807) is 0 Å². The fourth-order valence-electron chi connectivity index (χ4n) is 4.47. The van der Waals surface area contributed by atoms with Gasteiger partial charge in [-0.25, -0.2) is 0 Å². The number of hydrogen-bond acceptors (Lipinski definition) is 5. The van der Waals surface area contributed by atoms with Crippen LogP contribution < -0.4 is 10.2 Å². The van der Waals surface area contributed by atoms with Gasteiger partial charge in [0.05, 0.1) is 10.5 Å². The van der Waals surface area contributed by atoms with E-state index >= 15 is 0 Å². The molecule has 10 heteroatoms. The Bertz CT molecular complexity index is 949. The molecule has 32 heavy (non-hydrogen) atoms. The van der Waals surface area contributed by atoms with Crippen molar-refractivity contribution in [1.82, 2.24) is 10.2 Å². The summed E-state index contributed by atoms with van der Waals surface area (Å²) in [6.07, 6.45) is 1.98. The number of amides is 3. The molecule has 0 radical (unpaired) electrons. The topological polar surface area (TPSA) is 69.7 Å². The number of piperazine rings is 1. The van der Waals surface area contributed by atoms with E-state index in [0.29, 0.717) is 43.6 Å². The van der Waals surface area contributed by atoms with E-state index in [1.165, 1.54) is 18.6 Å². The zero-order chi connectivity index (χ0) is 22.9. The number of alkyl halides is 3. The highest BCUT2D eigenvalue weighted by atomic mass is 32.2. The molecular formula is C22H24F3N3O3S. The minimum absolute atomic E-state index is 0.0571. The molecule has 0 unspecified atom stereocenters. The number of imide groups is 1. The summed E-state index contributed by atoms with van der Waals surface area (Å²) < 4.78 is 39.9. The lowest BCUT2D eigenvalue weighted by Crippen LogP contribution is -2.50. The second-order valence-corrected chi connectivity index (χ2v) is 9.29. The summed E-state index contributed by atoms with van der Waals surface area (Å²) in [5.41, 5.74) is -0.0591. The first kappa shape index (κ1) is 22.7. The summed E-state index contributed by atoms with van der Waals surface area (Å²) in [7, 11) is 0. The molecule has 2 heterocycles. The van der Waals surface area contributed by atoms with Crippen molar-refractivity contribution in [3.63, 3.8) is 0 Å². The highest BCUT2D eigenvalue weighted by Gasteiger charge is 2.33. The molecule has 0 bridgehead atoms. The first-order valence-corrected chi connectivity index (χ1v) is 11.5. The maximum Gasteiger partial charge on any atom is 0.416 e. The smallest absolute Gasteiger partial charge is 0.367 e. The number of hydrogen-bond donors (Lipinski definition) is 1. The van der Waals surface area contributed by atoms with Crippen molar-refractivity contribution in [1.29, 1.82) is 0 Å². The van der Waals surface area contributed by atoms with Gasteiger partial charge in [-0.2, -0.15) is 13.2 Å². The van der Waals surface area contributed by atoms with Crippen molar-refractivity contribution >= 4 is 40.6 Å². The Morgan fingerprint density at radius 2 is 1.75 bits per heavy atom. The van der Waals surface area contributed by atoms with Gasteiger partial charge in [-0.3, -0.25) is 19.7 Å². The van der Waals surface area contributed by atoms with Gasteiger partial charge in [0.25, 0.3) is 11.1 Å². The molecule has 0 spiro atoms. The van der Waals surface area contributed by atoms with Crippen LogP contribution in [0.3, 0.4) is 0 Å². The van der Waals surface area contributed by atoms with Gasteiger partial charge < -0.3 is 9.80 Å². The standard InChI is InChI=1S/C22H24F3N3O3S/c23-22(24,25)16-6-7-17(15(12-16)13-18-19(29)26-21(31)32-18)27-8-10-28(11-9-27)20(30)14-4-2-1-3-5-14/h6-7,12-14H,1-5,8-11H2,(H,26,29,31)/b18-13-. The van der Waals surface area contributed by atoms with Crippen molar-refractivity contribution < 1.29 is 27.6 Å². The van der Waals surface area contributed by atoms with E-state index in [9.17, 15) is 27.6 Å². The highest BCUT2D eigenvalue weighted by molar-refractivity contribution is 8.18. The molecule has 2 saturated heterocycles. The van der Waals surface area contributed by atoms with Gasteiger partial charge in [0.1, 0.15) is 0 Å².